The first kappa shape index (κ1) is 13.6. The number of furan rings is 1. The topological polar surface area (TPSA) is 95.7 Å². The van der Waals surface area contributed by atoms with E-state index in [-0.39, 0.29) is 0 Å². The molecule has 0 saturated carbocycles. The zero-order valence-electron chi connectivity index (χ0n) is 11.6. The van der Waals surface area contributed by atoms with E-state index in [9.17, 15) is 0 Å². The lowest BCUT2D eigenvalue weighted by molar-refractivity contribution is 0.574. The fourth-order valence-corrected chi connectivity index (χ4v) is 2.67. The number of rotatable bonds is 4. The molecular weight excluding hydrogens is 288 g/mol. The summed E-state index contributed by atoms with van der Waals surface area (Å²) in [5.41, 5.74) is 0.986. The predicted molar refractivity (Wildman–Crippen MR) is 78.1 cm³/mol. The van der Waals surface area contributed by atoms with Crippen LogP contribution in [-0.4, -0.2) is 24.8 Å². The molecule has 2 N–H and O–H groups in total. The highest BCUT2D eigenvalue weighted by Crippen LogP contribution is 2.27. The Morgan fingerprint density at radius 3 is 2.90 bits per heavy atom. The highest BCUT2D eigenvalue weighted by atomic mass is 32.2. The molecule has 0 aliphatic carbocycles. The van der Waals surface area contributed by atoms with E-state index in [1.165, 1.54) is 16.4 Å². The van der Waals surface area contributed by atoms with Gasteiger partial charge >= 0.3 is 0 Å². The first-order valence-electron chi connectivity index (χ1n) is 6.44. The van der Waals surface area contributed by atoms with Gasteiger partial charge in [0.05, 0.1) is 6.26 Å². The summed E-state index contributed by atoms with van der Waals surface area (Å²) < 4.78 is 6.68. The third-order valence-electron chi connectivity index (χ3n) is 2.83. The van der Waals surface area contributed by atoms with Crippen molar-refractivity contribution in [2.24, 2.45) is 0 Å². The summed E-state index contributed by atoms with van der Waals surface area (Å²) in [5, 5.41) is 9.47. The van der Waals surface area contributed by atoms with Crippen LogP contribution in [0.1, 0.15) is 18.4 Å². The molecule has 0 fully saturated rings. The van der Waals surface area contributed by atoms with Crippen LogP contribution in [0.15, 0.2) is 39.1 Å². The molecule has 0 aliphatic rings. The number of nitrogen functional groups attached to an aromatic ring is 1. The van der Waals surface area contributed by atoms with Crippen LogP contribution in [0.25, 0.3) is 11.6 Å². The van der Waals surface area contributed by atoms with Crippen molar-refractivity contribution in [3.05, 3.63) is 36.0 Å². The molecule has 0 spiro atoms. The van der Waals surface area contributed by atoms with Crippen molar-refractivity contribution in [3.8, 4) is 11.6 Å². The number of aryl methyl sites for hydroxylation is 2. The standard InChI is InChI=1S/C13H14N6OS/c1-3-9-7-11(16-8(2)15-9)21-13-18-17-12(19(13)14)10-5-4-6-20-10/h4-7H,3,14H2,1-2H3. The molecule has 0 radical (unpaired) electrons. The molecule has 8 heteroatoms. The summed E-state index contributed by atoms with van der Waals surface area (Å²) in [7, 11) is 0. The Balaban J connectivity index is 1.91. The Kier molecular flexibility index (Phi) is 3.61. The minimum Gasteiger partial charge on any atom is -0.461 e. The van der Waals surface area contributed by atoms with Gasteiger partial charge < -0.3 is 10.3 Å². The Morgan fingerprint density at radius 2 is 2.19 bits per heavy atom. The molecule has 0 unspecified atom stereocenters. The van der Waals surface area contributed by atoms with E-state index < -0.39 is 0 Å². The van der Waals surface area contributed by atoms with Gasteiger partial charge in [-0.2, -0.15) is 0 Å². The second kappa shape index (κ2) is 5.57. The number of hydrogen-bond donors (Lipinski definition) is 1. The van der Waals surface area contributed by atoms with E-state index >= 15 is 0 Å². The molecule has 3 heterocycles. The third kappa shape index (κ3) is 2.75. The number of nitrogens with two attached hydrogens (primary N) is 1. The minimum absolute atomic E-state index is 0.476. The van der Waals surface area contributed by atoms with Gasteiger partial charge in [-0.1, -0.05) is 6.92 Å². The first-order chi connectivity index (χ1) is 10.2. The molecule has 3 rings (SSSR count). The SMILES string of the molecule is CCc1cc(Sc2nnc(-c3ccco3)n2N)nc(C)n1. The van der Waals surface area contributed by atoms with Crippen LogP contribution in [0.3, 0.4) is 0 Å². The molecule has 3 aromatic heterocycles. The molecule has 0 bridgehead atoms. The number of hydrogen-bond acceptors (Lipinski definition) is 7. The van der Waals surface area contributed by atoms with Crippen molar-refractivity contribution in [1.29, 1.82) is 0 Å². The van der Waals surface area contributed by atoms with Gasteiger partial charge in [0.25, 0.3) is 0 Å². The lowest BCUT2D eigenvalue weighted by Crippen LogP contribution is -2.11. The summed E-state index contributed by atoms with van der Waals surface area (Å²) in [6.07, 6.45) is 2.42. The van der Waals surface area contributed by atoms with E-state index in [4.69, 9.17) is 10.3 Å². The molecule has 21 heavy (non-hydrogen) atoms. The minimum atomic E-state index is 0.476. The fraction of sp³-hybridized carbons (Fsp3) is 0.231. The van der Waals surface area contributed by atoms with Crippen LogP contribution in [0.5, 0.6) is 0 Å². The van der Waals surface area contributed by atoms with Gasteiger partial charge in [0.15, 0.2) is 5.76 Å². The van der Waals surface area contributed by atoms with E-state index in [0.717, 1.165) is 23.0 Å². The van der Waals surface area contributed by atoms with Gasteiger partial charge in [-0.05, 0) is 43.3 Å². The Hall–Kier alpha value is -2.35. The van der Waals surface area contributed by atoms with Crippen molar-refractivity contribution >= 4 is 11.8 Å². The monoisotopic (exact) mass is 302 g/mol. The predicted octanol–water partition coefficient (Wildman–Crippen LogP) is 2.06. The van der Waals surface area contributed by atoms with Gasteiger partial charge in [-0.3, -0.25) is 0 Å². The van der Waals surface area contributed by atoms with Crippen molar-refractivity contribution in [2.45, 2.75) is 30.5 Å². The lowest BCUT2D eigenvalue weighted by Gasteiger charge is -2.04. The average Bonchev–Trinajstić information content (AvgIpc) is 3.09. The molecular formula is C13H14N6OS. The maximum atomic E-state index is 6.02. The van der Waals surface area contributed by atoms with Gasteiger partial charge in [-0.15, -0.1) is 10.2 Å². The second-order valence-corrected chi connectivity index (χ2v) is 5.34. The highest BCUT2D eigenvalue weighted by Gasteiger charge is 2.15. The quantitative estimate of drug-likeness (QED) is 0.582. The maximum Gasteiger partial charge on any atom is 0.218 e. The van der Waals surface area contributed by atoms with E-state index in [1.54, 1.807) is 18.4 Å². The van der Waals surface area contributed by atoms with Gasteiger partial charge in [0.1, 0.15) is 10.9 Å². The Bertz CT molecular complexity index is 752. The molecule has 0 amide bonds. The molecule has 0 saturated heterocycles. The van der Waals surface area contributed by atoms with Crippen molar-refractivity contribution in [2.75, 3.05) is 5.84 Å². The Morgan fingerprint density at radius 1 is 1.33 bits per heavy atom. The molecule has 108 valence electrons. The normalized spacial score (nSPS) is 11.0. The third-order valence-corrected chi connectivity index (χ3v) is 3.71. The summed E-state index contributed by atoms with van der Waals surface area (Å²) >= 11 is 1.35. The fourth-order valence-electron chi connectivity index (χ4n) is 1.85. The van der Waals surface area contributed by atoms with Gasteiger partial charge in [0.2, 0.25) is 11.0 Å². The summed E-state index contributed by atoms with van der Waals surface area (Å²) in [5.74, 6) is 7.80. The van der Waals surface area contributed by atoms with Crippen LogP contribution in [-0.2, 0) is 6.42 Å². The van der Waals surface area contributed by atoms with Crippen LogP contribution in [0.2, 0.25) is 0 Å². The second-order valence-electron chi connectivity index (χ2n) is 4.35. The van der Waals surface area contributed by atoms with Crippen molar-refractivity contribution in [3.63, 3.8) is 0 Å². The van der Waals surface area contributed by atoms with Crippen LogP contribution in [0.4, 0.5) is 0 Å². The highest BCUT2D eigenvalue weighted by molar-refractivity contribution is 7.99. The first-order valence-corrected chi connectivity index (χ1v) is 7.25. The summed E-state index contributed by atoms with van der Waals surface area (Å²) in [6, 6.07) is 5.49. The number of nitrogens with zero attached hydrogens (tertiary/aromatic N) is 5. The largest absolute Gasteiger partial charge is 0.461 e. The summed E-state index contributed by atoms with van der Waals surface area (Å²) in [4.78, 5) is 8.73. The van der Waals surface area contributed by atoms with E-state index in [0.29, 0.717) is 16.7 Å². The van der Waals surface area contributed by atoms with Crippen LogP contribution >= 0.6 is 11.8 Å². The zero-order chi connectivity index (χ0) is 14.8. The molecule has 0 atom stereocenters. The zero-order valence-corrected chi connectivity index (χ0v) is 12.5. The van der Waals surface area contributed by atoms with Crippen molar-refractivity contribution < 1.29 is 4.42 Å². The van der Waals surface area contributed by atoms with E-state index in [2.05, 4.69) is 27.1 Å². The van der Waals surface area contributed by atoms with Crippen molar-refractivity contribution in [1.82, 2.24) is 24.8 Å². The average molecular weight is 302 g/mol. The molecule has 0 aromatic carbocycles. The number of aromatic nitrogens is 5. The smallest absolute Gasteiger partial charge is 0.218 e. The molecule has 0 aliphatic heterocycles. The van der Waals surface area contributed by atoms with Gasteiger partial charge in [0, 0.05) is 5.69 Å². The van der Waals surface area contributed by atoms with Crippen LogP contribution < -0.4 is 5.84 Å². The molecule has 3 aromatic rings. The summed E-state index contributed by atoms with van der Waals surface area (Å²) in [6.45, 7) is 3.92. The van der Waals surface area contributed by atoms with E-state index in [1.807, 2.05) is 13.0 Å². The van der Waals surface area contributed by atoms with Crippen LogP contribution in [0, 0.1) is 6.92 Å². The maximum absolute atomic E-state index is 6.02. The van der Waals surface area contributed by atoms with Gasteiger partial charge in [-0.25, -0.2) is 14.6 Å². The Labute approximate surface area is 125 Å². The lowest BCUT2D eigenvalue weighted by atomic mass is 10.3. The molecule has 7 nitrogen and oxygen atoms in total.